The van der Waals surface area contributed by atoms with Gasteiger partial charge in [-0.05, 0) is 69.8 Å². The largest absolute Gasteiger partial charge is 0.309 e. The van der Waals surface area contributed by atoms with Crippen molar-refractivity contribution in [1.82, 2.24) is 9.13 Å². The normalized spacial score (nSPS) is 11.6. The highest BCUT2D eigenvalue weighted by Crippen LogP contribution is 2.46. The van der Waals surface area contributed by atoms with Crippen molar-refractivity contribution < 1.29 is 0 Å². The molecular weight excluding hydrogens is 677 g/mol. The number of nitrogens with zero attached hydrogens (tertiary/aromatic N) is 2. The second kappa shape index (κ2) is 13.2. The van der Waals surface area contributed by atoms with Gasteiger partial charge in [0.15, 0.2) is 0 Å². The molecule has 0 atom stereocenters. The minimum atomic E-state index is 1.15. The summed E-state index contributed by atoms with van der Waals surface area (Å²) < 4.78 is 4.87. The summed E-state index contributed by atoms with van der Waals surface area (Å²) in [6, 6.07) is 79.4. The quantitative estimate of drug-likeness (QED) is 0.162. The third-order valence-corrected chi connectivity index (χ3v) is 11.4. The van der Waals surface area contributed by atoms with Gasteiger partial charge in [0.2, 0.25) is 0 Å². The van der Waals surface area contributed by atoms with Gasteiger partial charge in [0.05, 0.1) is 22.1 Å². The van der Waals surface area contributed by atoms with Gasteiger partial charge in [0.1, 0.15) is 0 Å². The minimum absolute atomic E-state index is 1.15. The molecule has 0 saturated carbocycles. The zero-order chi connectivity index (χ0) is 37.0. The van der Waals surface area contributed by atoms with E-state index < -0.39 is 0 Å². The molecule has 0 fully saturated rings. The highest BCUT2D eigenvalue weighted by molar-refractivity contribution is 6.16. The lowest BCUT2D eigenvalue weighted by atomic mass is 9.86. The molecule has 0 spiro atoms. The first-order valence-corrected chi connectivity index (χ1v) is 19.3. The molecule has 0 aliphatic carbocycles. The standard InChI is InChI=1S/C54H36N2/c1-3-19-37(20-4-1)55-51-35-15-13-29-45(51)49-33-17-31-47(53(49)55)43-27-11-9-25-41(43)39-23-7-8-24-40(39)42-26-10-12-28-44(42)48-32-18-34-50-46-30-14-16-36-52(46)56(54(48)50)38-21-5-2-6-22-38/h1-36H. The molecule has 0 amide bonds. The highest BCUT2D eigenvalue weighted by atomic mass is 15.0. The predicted molar refractivity (Wildman–Crippen MR) is 237 cm³/mol. The zero-order valence-electron chi connectivity index (χ0n) is 30.7. The smallest absolute Gasteiger partial charge is 0.0619 e. The van der Waals surface area contributed by atoms with Gasteiger partial charge in [0.25, 0.3) is 0 Å². The van der Waals surface area contributed by atoms with E-state index in [-0.39, 0.29) is 0 Å². The second-order valence-corrected chi connectivity index (χ2v) is 14.4. The third kappa shape index (κ3) is 4.97. The molecule has 2 heterocycles. The monoisotopic (exact) mass is 712 g/mol. The van der Waals surface area contributed by atoms with Gasteiger partial charge < -0.3 is 9.13 Å². The van der Waals surface area contributed by atoms with E-state index in [1.165, 1.54) is 88.1 Å². The minimum Gasteiger partial charge on any atom is -0.309 e. The number of fused-ring (bicyclic) bond motifs is 6. The Morgan fingerprint density at radius 1 is 0.196 bits per heavy atom. The van der Waals surface area contributed by atoms with Crippen LogP contribution in [0.5, 0.6) is 0 Å². The fraction of sp³-hybridized carbons (Fsp3) is 0. The van der Waals surface area contributed by atoms with Crippen molar-refractivity contribution in [2.45, 2.75) is 0 Å². The molecule has 262 valence electrons. The maximum absolute atomic E-state index is 2.43. The van der Waals surface area contributed by atoms with Crippen LogP contribution in [0.3, 0.4) is 0 Å². The Morgan fingerprint density at radius 2 is 0.464 bits per heavy atom. The predicted octanol–water partition coefficient (Wildman–Crippen LogP) is 14.5. The summed E-state index contributed by atoms with van der Waals surface area (Å²) in [6.45, 7) is 0. The molecule has 0 saturated heterocycles. The summed E-state index contributed by atoms with van der Waals surface area (Å²) in [5.41, 5.74) is 16.8. The van der Waals surface area contributed by atoms with Gasteiger partial charge in [-0.1, -0.05) is 182 Å². The molecule has 9 aromatic carbocycles. The zero-order valence-corrected chi connectivity index (χ0v) is 30.7. The van der Waals surface area contributed by atoms with Crippen LogP contribution in [0.4, 0.5) is 0 Å². The number of benzene rings is 9. The van der Waals surface area contributed by atoms with Crippen LogP contribution in [-0.2, 0) is 0 Å². The molecule has 11 aromatic rings. The Bertz CT molecular complexity index is 3020. The lowest BCUT2D eigenvalue weighted by Crippen LogP contribution is -1.97. The summed E-state index contributed by atoms with van der Waals surface area (Å²) >= 11 is 0. The van der Waals surface area contributed by atoms with Crippen LogP contribution >= 0.6 is 0 Å². The van der Waals surface area contributed by atoms with Gasteiger partial charge in [-0.15, -0.1) is 0 Å². The Hall–Kier alpha value is -7.42. The van der Waals surface area contributed by atoms with E-state index in [1.807, 2.05) is 0 Å². The number of rotatable bonds is 6. The molecular formula is C54H36N2. The van der Waals surface area contributed by atoms with E-state index in [0.29, 0.717) is 0 Å². The van der Waals surface area contributed by atoms with Crippen LogP contribution in [0.1, 0.15) is 0 Å². The molecule has 11 rings (SSSR count). The number of aromatic nitrogens is 2. The molecule has 0 N–H and O–H groups in total. The van der Waals surface area contributed by atoms with E-state index in [2.05, 4.69) is 228 Å². The van der Waals surface area contributed by atoms with E-state index in [4.69, 9.17) is 0 Å². The van der Waals surface area contributed by atoms with E-state index in [1.54, 1.807) is 0 Å². The van der Waals surface area contributed by atoms with Gasteiger partial charge in [0, 0.05) is 44.0 Å². The highest BCUT2D eigenvalue weighted by Gasteiger charge is 2.22. The topological polar surface area (TPSA) is 9.86 Å². The molecule has 0 aliphatic rings. The molecule has 56 heavy (non-hydrogen) atoms. The molecule has 0 unspecified atom stereocenters. The summed E-state index contributed by atoms with van der Waals surface area (Å²) in [5, 5.41) is 5.00. The van der Waals surface area contributed by atoms with Gasteiger partial charge in [-0.2, -0.15) is 0 Å². The van der Waals surface area contributed by atoms with Crippen LogP contribution in [-0.4, -0.2) is 9.13 Å². The van der Waals surface area contributed by atoms with Crippen LogP contribution < -0.4 is 0 Å². The van der Waals surface area contributed by atoms with Crippen LogP contribution in [0.15, 0.2) is 218 Å². The molecule has 2 nitrogen and oxygen atoms in total. The van der Waals surface area contributed by atoms with Crippen molar-refractivity contribution in [3.63, 3.8) is 0 Å². The average molecular weight is 713 g/mol. The molecule has 0 radical (unpaired) electrons. The molecule has 2 heteroatoms. The number of hydrogen-bond acceptors (Lipinski definition) is 0. The fourth-order valence-corrected chi connectivity index (χ4v) is 9.02. The second-order valence-electron chi connectivity index (χ2n) is 14.4. The molecule has 0 aliphatic heterocycles. The van der Waals surface area contributed by atoms with E-state index in [9.17, 15) is 0 Å². The summed E-state index contributed by atoms with van der Waals surface area (Å²) in [6.07, 6.45) is 0. The first-order chi connectivity index (χ1) is 27.8. The van der Waals surface area contributed by atoms with Crippen molar-refractivity contribution >= 4 is 43.6 Å². The van der Waals surface area contributed by atoms with Gasteiger partial charge >= 0.3 is 0 Å². The van der Waals surface area contributed by atoms with Gasteiger partial charge in [-0.3, -0.25) is 0 Å². The number of hydrogen-bond donors (Lipinski definition) is 0. The fourth-order valence-electron chi connectivity index (χ4n) is 9.02. The van der Waals surface area contributed by atoms with Crippen LogP contribution in [0, 0.1) is 0 Å². The lowest BCUT2D eigenvalue weighted by molar-refractivity contribution is 1.18. The Kier molecular flexibility index (Phi) is 7.53. The Labute approximate surface area is 325 Å². The first kappa shape index (κ1) is 32.0. The average Bonchev–Trinajstić information content (AvgIpc) is 3.80. The Morgan fingerprint density at radius 3 is 0.839 bits per heavy atom. The van der Waals surface area contributed by atoms with Crippen molar-refractivity contribution in [3.05, 3.63) is 218 Å². The summed E-state index contributed by atoms with van der Waals surface area (Å²) in [5.74, 6) is 0. The number of para-hydroxylation sites is 6. The van der Waals surface area contributed by atoms with E-state index in [0.717, 1.165) is 11.4 Å². The van der Waals surface area contributed by atoms with E-state index >= 15 is 0 Å². The van der Waals surface area contributed by atoms with Crippen molar-refractivity contribution in [2.75, 3.05) is 0 Å². The molecule has 0 bridgehead atoms. The third-order valence-electron chi connectivity index (χ3n) is 11.4. The first-order valence-electron chi connectivity index (χ1n) is 19.3. The van der Waals surface area contributed by atoms with Crippen molar-refractivity contribution in [1.29, 1.82) is 0 Å². The van der Waals surface area contributed by atoms with Crippen molar-refractivity contribution in [2.24, 2.45) is 0 Å². The van der Waals surface area contributed by atoms with Crippen molar-refractivity contribution in [3.8, 4) is 55.9 Å². The lowest BCUT2D eigenvalue weighted by Gasteiger charge is -2.19. The maximum atomic E-state index is 2.43. The summed E-state index contributed by atoms with van der Waals surface area (Å²) in [4.78, 5) is 0. The molecule has 2 aromatic heterocycles. The van der Waals surface area contributed by atoms with Crippen LogP contribution in [0.2, 0.25) is 0 Å². The SMILES string of the molecule is c1ccc(-n2c3ccccc3c3cccc(-c4ccccc4-c4ccccc4-c4ccccc4-c4cccc5c6ccccc6n(-c6ccccc6)c45)c32)cc1. The van der Waals surface area contributed by atoms with Gasteiger partial charge in [-0.25, -0.2) is 0 Å². The van der Waals surface area contributed by atoms with Crippen LogP contribution in [0.25, 0.3) is 99.5 Å². The maximum Gasteiger partial charge on any atom is 0.0619 e. The Balaban J connectivity index is 1.16. The summed E-state index contributed by atoms with van der Waals surface area (Å²) in [7, 11) is 0.